The Balaban J connectivity index is 0.00000242. The fraction of sp³-hybridized carbons (Fsp3) is 0.600. The molecule has 0 saturated carbocycles. The van der Waals surface area contributed by atoms with Gasteiger partial charge < -0.3 is 16.0 Å². The minimum atomic E-state index is -0.523. The van der Waals surface area contributed by atoms with Crippen LogP contribution < -0.4 is 16.0 Å². The molecule has 5 nitrogen and oxygen atoms in total. The third-order valence-electron chi connectivity index (χ3n) is 3.99. The van der Waals surface area contributed by atoms with E-state index >= 15 is 0 Å². The smallest absolute Gasteiger partial charge is 0.261 e. The Kier molecular flexibility index (Phi) is 7.32. The normalized spacial score (nSPS) is 17.9. The molecule has 1 aliphatic rings. The second kappa shape index (κ2) is 8.50. The molecule has 3 N–H and O–H groups in total. The quantitative estimate of drug-likeness (QED) is 0.762. The number of hydrogen-bond donors (Lipinski definition) is 3. The van der Waals surface area contributed by atoms with Gasteiger partial charge >= 0.3 is 0 Å². The number of piperidine rings is 1. The van der Waals surface area contributed by atoms with Crippen LogP contribution in [-0.2, 0) is 4.79 Å². The van der Waals surface area contributed by atoms with Gasteiger partial charge in [0.15, 0.2) is 0 Å². The summed E-state index contributed by atoms with van der Waals surface area (Å²) in [6.07, 6.45) is 2.12. The molecular weight excluding hydrogens is 322 g/mol. The van der Waals surface area contributed by atoms with Gasteiger partial charge in [-0.15, -0.1) is 23.7 Å². The summed E-state index contributed by atoms with van der Waals surface area (Å²) in [5.41, 5.74) is 0.151. The Morgan fingerprint density at radius 3 is 2.68 bits per heavy atom. The number of nitrogens with one attached hydrogen (secondary N) is 3. The van der Waals surface area contributed by atoms with E-state index in [1.165, 1.54) is 11.3 Å². The standard InChI is InChI=1S/C15H23N3O2S.ClH/c1-11(18-14(20)12-4-3-9-21-12)13(19)17-10-15(2)5-7-16-8-6-15;/h3-4,9,11,16H,5-8,10H2,1-2H3,(H,17,19)(H,18,20);1H. The molecule has 1 aromatic rings. The molecule has 2 rings (SSSR count). The predicted octanol–water partition coefficient (Wildman–Crippen LogP) is 1.79. The number of thiophene rings is 1. The van der Waals surface area contributed by atoms with E-state index in [1.54, 1.807) is 13.0 Å². The molecule has 1 aliphatic heterocycles. The molecule has 1 fully saturated rings. The van der Waals surface area contributed by atoms with E-state index in [0.717, 1.165) is 25.9 Å². The molecule has 0 aliphatic carbocycles. The Bertz CT molecular complexity index is 487. The van der Waals surface area contributed by atoms with Crippen molar-refractivity contribution in [3.63, 3.8) is 0 Å². The van der Waals surface area contributed by atoms with Crippen molar-refractivity contribution in [3.8, 4) is 0 Å². The first-order valence-electron chi connectivity index (χ1n) is 7.33. The van der Waals surface area contributed by atoms with E-state index in [9.17, 15) is 9.59 Å². The van der Waals surface area contributed by atoms with Crippen molar-refractivity contribution in [3.05, 3.63) is 22.4 Å². The summed E-state index contributed by atoms with van der Waals surface area (Å²) in [7, 11) is 0. The maximum Gasteiger partial charge on any atom is 0.261 e. The number of carbonyl (C=O) groups is 2. The average molecular weight is 346 g/mol. The zero-order chi connectivity index (χ0) is 15.3. The summed E-state index contributed by atoms with van der Waals surface area (Å²) < 4.78 is 0. The summed E-state index contributed by atoms with van der Waals surface area (Å²) in [6, 6.07) is 3.05. The van der Waals surface area contributed by atoms with Crippen molar-refractivity contribution in [2.75, 3.05) is 19.6 Å². The fourth-order valence-corrected chi connectivity index (χ4v) is 3.03. The van der Waals surface area contributed by atoms with Crippen LogP contribution in [0.25, 0.3) is 0 Å². The largest absolute Gasteiger partial charge is 0.354 e. The van der Waals surface area contributed by atoms with Gasteiger partial charge in [0, 0.05) is 6.54 Å². The van der Waals surface area contributed by atoms with Gasteiger partial charge in [-0.3, -0.25) is 9.59 Å². The van der Waals surface area contributed by atoms with Crippen molar-refractivity contribution in [2.45, 2.75) is 32.7 Å². The Labute approximate surface area is 141 Å². The van der Waals surface area contributed by atoms with Gasteiger partial charge in [0.1, 0.15) is 6.04 Å². The highest BCUT2D eigenvalue weighted by atomic mass is 35.5. The summed E-state index contributed by atoms with van der Waals surface area (Å²) in [6.45, 7) is 6.56. The lowest BCUT2D eigenvalue weighted by atomic mass is 9.81. The van der Waals surface area contributed by atoms with Crippen LogP contribution in [0.15, 0.2) is 17.5 Å². The second-order valence-electron chi connectivity index (χ2n) is 5.95. The van der Waals surface area contributed by atoms with Crippen LogP contribution in [0.5, 0.6) is 0 Å². The maximum atomic E-state index is 12.1. The van der Waals surface area contributed by atoms with Crippen molar-refractivity contribution < 1.29 is 9.59 Å². The highest BCUT2D eigenvalue weighted by Crippen LogP contribution is 2.26. The first kappa shape index (κ1) is 18.9. The topological polar surface area (TPSA) is 70.2 Å². The molecule has 0 bridgehead atoms. The summed E-state index contributed by atoms with van der Waals surface area (Å²) in [4.78, 5) is 24.6. The number of carbonyl (C=O) groups excluding carboxylic acids is 2. The van der Waals surface area contributed by atoms with Gasteiger partial charge in [-0.1, -0.05) is 13.0 Å². The van der Waals surface area contributed by atoms with Crippen LogP contribution in [-0.4, -0.2) is 37.5 Å². The van der Waals surface area contributed by atoms with E-state index < -0.39 is 6.04 Å². The van der Waals surface area contributed by atoms with Crippen molar-refractivity contribution in [2.24, 2.45) is 5.41 Å². The monoisotopic (exact) mass is 345 g/mol. The molecule has 1 atom stereocenters. The predicted molar refractivity (Wildman–Crippen MR) is 91.7 cm³/mol. The third kappa shape index (κ3) is 5.26. The number of amides is 2. The van der Waals surface area contributed by atoms with Crippen molar-refractivity contribution in [1.82, 2.24) is 16.0 Å². The van der Waals surface area contributed by atoms with Gasteiger partial charge in [0.25, 0.3) is 5.91 Å². The lowest BCUT2D eigenvalue weighted by molar-refractivity contribution is -0.123. The van der Waals surface area contributed by atoms with Crippen molar-refractivity contribution >= 4 is 35.6 Å². The maximum absolute atomic E-state index is 12.1. The summed E-state index contributed by atoms with van der Waals surface area (Å²) in [5.74, 6) is -0.319. The number of rotatable bonds is 5. The zero-order valence-electron chi connectivity index (χ0n) is 13.0. The van der Waals surface area contributed by atoms with Crippen LogP contribution in [0.2, 0.25) is 0 Å². The lowest BCUT2D eigenvalue weighted by Gasteiger charge is -2.34. The molecule has 0 radical (unpaired) electrons. The second-order valence-corrected chi connectivity index (χ2v) is 6.90. The molecule has 7 heteroatoms. The van der Waals surface area contributed by atoms with Crippen LogP contribution >= 0.6 is 23.7 Å². The molecule has 2 heterocycles. The Morgan fingerprint density at radius 2 is 2.09 bits per heavy atom. The molecular formula is C15H24ClN3O2S. The van der Waals surface area contributed by atoms with Crippen LogP contribution in [0, 0.1) is 5.41 Å². The first-order valence-corrected chi connectivity index (χ1v) is 8.21. The third-order valence-corrected chi connectivity index (χ3v) is 4.85. The zero-order valence-corrected chi connectivity index (χ0v) is 14.6. The molecule has 124 valence electrons. The van der Waals surface area contributed by atoms with Crippen LogP contribution in [0.4, 0.5) is 0 Å². The number of halogens is 1. The van der Waals surface area contributed by atoms with E-state index in [0.29, 0.717) is 11.4 Å². The minimum absolute atomic E-state index is 0. The molecule has 0 aromatic carbocycles. The summed E-state index contributed by atoms with van der Waals surface area (Å²) >= 11 is 1.37. The van der Waals surface area contributed by atoms with E-state index in [1.807, 2.05) is 11.4 Å². The van der Waals surface area contributed by atoms with E-state index in [4.69, 9.17) is 0 Å². The van der Waals surface area contributed by atoms with Crippen molar-refractivity contribution in [1.29, 1.82) is 0 Å². The Hall–Kier alpha value is -1.11. The van der Waals surface area contributed by atoms with Crippen LogP contribution in [0.1, 0.15) is 36.4 Å². The van der Waals surface area contributed by atoms with Gasteiger partial charge in [0.2, 0.25) is 5.91 Å². The molecule has 22 heavy (non-hydrogen) atoms. The average Bonchev–Trinajstić information content (AvgIpc) is 3.00. The van der Waals surface area contributed by atoms with E-state index in [-0.39, 0.29) is 29.6 Å². The summed E-state index contributed by atoms with van der Waals surface area (Å²) in [5, 5.41) is 10.9. The molecule has 2 amide bonds. The molecule has 0 spiro atoms. The van der Waals surface area contributed by atoms with Gasteiger partial charge in [0.05, 0.1) is 4.88 Å². The highest BCUT2D eigenvalue weighted by Gasteiger charge is 2.28. The molecule has 1 aromatic heterocycles. The molecule has 1 saturated heterocycles. The Morgan fingerprint density at radius 1 is 1.41 bits per heavy atom. The minimum Gasteiger partial charge on any atom is -0.354 e. The molecule has 1 unspecified atom stereocenters. The van der Waals surface area contributed by atoms with Gasteiger partial charge in [-0.25, -0.2) is 0 Å². The first-order chi connectivity index (χ1) is 10.0. The lowest BCUT2D eigenvalue weighted by Crippen LogP contribution is -2.49. The van der Waals surface area contributed by atoms with Crippen LogP contribution in [0.3, 0.4) is 0 Å². The highest BCUT2D eigenvalue weighted by molar-refractivity contribution is 7.12. The van der Waals surface area contributed by atoms with Gasteiger partial charge in [-0.2, -0.15) is 0 Å². The number of hydrogen-bond acceptors (Lipinski definition) is 4. The fourth-order valence-electron chi connectivity index (χ4n) is 2.40. The SMILES string of the molecule is CC(NC(=O)c1cccs1)C(=O)NCC1(C)CCNCC1.Cl. The van der Waals surface area contributed by atoms with Gasteiger partial charge in [-0.05, 0) is 49.7 Å². The van der Waals surface area contributed by atoms with E-state index in [2.05, 4.69) is 22.9 Å².